The predicted molar refractivity (Wildman–Crippen MR) is 56.2 cm³/mol. The van der Waals surface area contributed by atoms with E-state index in [2.05, 4.69) is 0 Å². The summed E-state index contributed by atoms with van der Waals surface area (Å²) in [5.41, 5.74) is 0. The first-order chi connectivity index (χ1) is 6.48. The van der Waals surface area contributed by atoms with Crippen molar-refractivity contribution < 1.29 is 17.9 Å². The van der Waals surface area contributed by atoms with Crippen LogP contribution in [-0.2, 0) is 19.3 Å². The van der Waals surface area contributed by atoms with Gasteiger partial charge in [0.25, 0.3) is 0 Å². The van der Waals surface area contributed by atoms with Crippen LogP contribution in [0.25, 0.3) is 0 Å². The Kier molecular flexibility index (Phi) is 7.13. The molecular formula is C9H20O4S. The lowest BCUT2D eigenvalue weighted by Crippen LogP contribution is -2.19. The molecular weight excluding hydrogens is 204 g/mol. The van der Waals surface area contributed by atoms with Crippen molar-refractivity contribution in [2.45, 2.75) is 13.8 Å². The van der Waals surface area contributed by atoms with E-state index in [1.54, 1.807) is 7.11 Å². The Labute approximate surface area is 86.5 Å². The van der Waals surface area contributed by atoms with E-state index in [0.717, 1.165) is 0 Å². The molecule has 0 aliphatic carbocycles. The van der Waals surface area contributed by atoms with Crippen LogP contribution in [0.2, 0.25) is 0 Å². The van der Waals surface area contributed by atoms with Gasteiger partial charge >= 0.3 is 0 Å². The predicted octanol–water partition coefficient (Wildman–Crippen LogP) is 0.720. The summed E-state index contributed by atoms with van der Waals surface area (Å²) in [6, 6.07) is 0. The molecule has 0 spiro atoms. The van der Waals surface area contributed by atoms with Gasteiger partial charge in [-0.2, -0.15) is 0 Å². The van der Waals surface area contributed by atoms with Crippen molar-refractivity contribution in [3.63, 3.8) is 0 Å². The summed E-state index contributed by atoms with van der Waals surface area (Å²) in [4.78, 5) is 0. The van der Waals surface area contributed by atoms with Crippen LogP contribution in [0, 0.1) is 5.92 Å². The van der Waals surface area contributed by atoms with E-state index in [1.165, 1.54) is 0 Å². The number of sulfone groups is 1. The van der Waals surface area contributed by atoms with Gasteiger partial charge in [-0.25, -0.2) is 8.42 Å². The van der Waals surface area contributed by atoms with Crippen molar-refractivity contribution in [2.75, 3.05) is 38.4 Å². The van der Waals surface area contributed by atoms with Crippen LogP contribution < -0.4 is 0 Å². The molecule has 86 valence electrons. The fraction of sp³-hybridized carbons (Fsp3) is 1.00. The first-order valence-electron chi connectivity index (χ1n) is 4.75. The average molecular weight is 224 g/mol. The third kappa shape index (κ3) is 8.47. The van der Waals surface area contributed by atoms with Crippen LogP contribution in [-0.4, -0.2) is 46.9 Å². The zero-order valence-corrected chi connectivity index (χ0v) is 9.97. The van der Waals surface area contributed by atoms with Crippen LogP contribution in [0.5, 0.6) is 0 Å². The minimum Gasteiger partial charge on any atom is -0.382 e. The summed E-state index contributed by atoms with van der Waals surface area (Å²) < 4.78 is 32.6. The molecule has 14 heavy (non-hydrogen) atoms. The van der Waals surface area contributed by atoms with Crippen LogP contribution >= 0.6 is 0 Å². The van der Waals surface area contributed by atoms with Gasteiger partial charge in [-0.15, -0.1) is 0 Å². The summed E-state index contributed by atoms with van der Waals surface area (Å²) in [5.74, 6) is 0.522. The van der Waals surface area contributed by atoms with Gasteiger partial charge < -0.3 is 9.47 Å². The number of rotatable bonds is 8. The Morgan fingerprint density at radius 3 is 2.29 bits per heavy atom. The van der Waals surface area contributed by atoms with Gasteiger partial charge in [0.1, 0.15) is 0 Å². The molecule has 0 radical (unpaired) electrons. The Hall–Kier alpha value is -0.130. The maximum absolute atomic E-state index is 11.4. The molecule has 0 N–H and O–H groups in total. The number of hydrogen-bond donors (Lipinski definition) is 0. The molecule has 0 aliphatic heterocycles. The first kappa shape index (κ1) is 13.9. The van der Waals surface area contributed by atoms with Gasteiger partial charge in [-0.3, -0.25) is 0 Å². The molecule has 0 heterocycles. The van der Waals surface area contributed by atoms with E-state index in [-0.39, 0.29) is 24.0 Å². The smallest absolute Gasteiger partial charge is 0.152 e. The van der Waals surface area contributed by atoms with E-state index in [0.29, 0.717) is 13.2 Å². The van der Waals surface area contributed by atoms with Gasteiger partial charge in [0, 0.05) is 7.11 Å². The van der Waals surface area contributed by atoms with Crippen molar-refractivity contribution in [3.8, 4) is 0 Å². The highest BCUT2D eigenvalue weighted by molar-refractivity contribution is 7.91. The second-order valence-electron chi connectivity index (χ2n) is 3.61. The highest BCUT2D eigenvalue weighted by Crippen LogP contribution is 2.00. The third-order valence-corrected chi connectivity index (χ3v) is 3.52. The Morgan fingerprint density at radius 1 is 1.14 bits per heavy atom. The molecule has 0 atom stereocenters. The largest absolute Gasteiger partial charge is 0.382 e. The molecule has 4 nitrogen and oxygen atoms in total. The highest BCUT2D eigenvalue weighted by atomic mass is 32.2. The Balaban J connectivity index is 3.56. The first-order valence-corrected chi connectivity index (χ1v) is 6.57. The lowest BCUT2D eigenvalue weighted by molar-refractivity contribution is 0.0785. The normalized spacial score (nSPS) is 12.3. The molecule has 0 aliphatic rings. The van der Waals surface area contributed by atoms with Crippen molar-refractivity contribution in [2.24, 2.45) is 5.92 Å². The maximum atomic E-state index is 11.4. The number of ether oxygens (including phenoxy) is 2. The van der Waals surface area contributed by atoms with E-state index < -0.39 is 9.84 Å². The molecule has 0 bridgehead atoms. The van der Waals surface area contributed by atoms with Crippen molar-refractivity contribution in [1.29, 1.82) is 0 Å². The van der Waals surface area contributed by atoms with Gasteiger partial charge in [0.15, 0.2) is 9.84 Å². The van der Waals surface area contributed by atoms with E-state index >= 15 is 0 Å². The summed E-state index contributed by atoms with van der Waals surface area (Å²) in [5, 5.41) is 0. The fourth-order valence-corrected chi connectivity index (χ4v) is 2.58. The number of hydrogen-bond acceptors (Lipinski definition) is 4. The maximum Gasteiger partial charge on any atom is 0.152 e. The lowest BCUT2D eigenvalue weighted by atomic mass is 10.3. The zero-order valence-electron chi connectivity index (χ0n) is 9.15. The molecule has 0 saturated carbocycles. The van der Waals surface area contributed by atoms with E-state index in [4.69, 9.17) is 9.47 Å². The van der Waals surface area contributed by atoms with E-state index in [1.807, 2.05) is 13.8 Å². The SMILES string of the molecule is COCCOCCS(=O)(=O)CC(C)C. The second-order valence-corrected chi connectivity index (χ2v) is 5.84. The minimum absolute atomic E-state index is 0.106. The topological polar surface area (TPSA) is 52.6 Å². The molecule has 0 aromatic rings. The minimum atomic E-state index is -2.93. The molecule has 0 unspecified atom stereocenters. The van der Waals surface area contributed by atoms with Crippen LogP contribution in [0.3, 0.4) is 0 Å². The number of methoxy groups -OCH3 is 1. The van der Waals surface area contributed by atoms with E-state index in [9.17, 15) is 8.42 Å². The molecule has 0 saturated heterocycles. The van der Waals surface area contributed by atoms with Crippen LogP contribution in [0.1, 0.15) is 13.8 Å². The Bertz CT molecular complexity index is 221. The summed E-state index contributed by atoms with van der Waals surface area (Å²) >= 11 is 0. The Morgan fingerprint density at radius 2 is 1.79 bits per heavy atom. The van der Waals surface area contributed by atoms with Crippen LogP contribution in [0.4, 0.5) is 0 Å². The average Bonchev–Trinajstić information content (AvgIpc) is 2.01. The second kappa shape index (κ2) is 7.20. The summed E-state index contributed by atoms with van der Waals surface area (Å²) in [7, 11) is -1.35. The quantitative estimate of drug-likeness (QED) is 0.570. The molecule has 0 fully saturated rings. The fourth-order valence-electron chi connectivity index (χ4n) is 1.02. The molecule has 0 rings (SSSR count). The molecule has 5 heteroatoms. The molecule has 0 amide bonds. The van der Waals surface area contributed by atoms with Gasteiger partial charge in [-0.05, 0) is 5.92 Å². The monoisotopic (exact) mass is 224 g/mol. The zero-order chi connectivity index (χ0) is 11.0. The van der Waals surface area contributed by atoms with Crippen LogP contribution in [0.15, 0.2) is 0 Å². The lowest BCUT2D eigenvalue weighted by Gasteiger charge is -2.07. The molecule has 0 aromatic carbocycles. The van der Waals surface area contributed by atoms with Crippen molar-refractivity contribution in [3.05, 3.63) is 0 Å². The standard InChI is InChI=1S/C9H20O4S/c1-9(2)8-14(10,11)7-6-13-5-4-12-3/h9H,4-8H2,1-3H3. The molecule has 0 aromatic heterocycles. The summed E-state index contributed by atoms with van der Waals surface area (Å²) in [6.07, 6.45) is 0. The van der Waals surface area contributed by atoms with Gasteiger partial charge in [-0.1, -0.05) is 13.8 Å². The third-order valence-electron chi connectivity index (χ3n) is 1.56. The van der Waals surface area contributed by atoms with Gasteiger partial charge in [0.05, 0.1) is 31.3 Å². The van der Waals surface area contributed by atoms with Crippen molar-refractivity contribution in [1.82, 2.24) is 0 Å². The highest BCUT2D eigenvalue weighted by Gasteiger charge is 2.12. The van der Waals surface area contributed by atoms with Gasteiger partial charge in [0.2, 0.25) is 0 Å². The van der Waals surface area contributed by atoms with Crippen molar-refractivity contribution >= 4 is 9.84 Å². The summed E-state index contributed by atoms with van der Waals surface area (Å²) in [6.45, 7) is 5.00.